The zero-order valence-electron chi connectivity index (χ0n) is 16.8. The molecule has 0 atom stereocenters. The van der Waals surface area contributed by atoms with Gasteiger partial charge in [0.05, 0.1) is 5.56 Å². The van der Waals surface area contributed by atoms with Crippen LogP contribution in [0.15, 0.2) is 36.4 Å². The average Bonchev–Trinajstić information content (AvgIpc) is 2.99. The molecule has 152 valence electrons. The molecule has 0 bridgehead atoms. The first-order valence-corrected chi connectivity index (χ1v) is 10.3. The topological polar surface area (TPSA) is 75.7 Å². The first-order chi connectivity index (χ1) is 13.9. The smallest absolute Gasteiger partial charge is 0.341 e. The lowest BCUT2D eigenvalue weighted by Gasteiger charge is -2.26. The van der Waals surface area contributed by atoms with E-state index in [-0.39, 0.29) is 18.4 Å². The van der Waals surface area contributed by atoms with E-state index in [2.05, 4.69) is 17.4 Å². The molecular weight excluding hydrogens is 388 g/mol. The van der Waals surface area contributed by atoms with Crippen LogP contribution in [0.25, 0.3) is 5.57 Å². The monoisotopic (exact) mass is 412 g/mol. The minimum absolute atomic E-state index is 0.229. The number of nitrogens with one attached hydrogen (secondary N) is 1. The molecule has 1 N–H and O–H groups in total. The summed E-state index contributed by atoms with van der Waals surface area (Å²) < 4.78 is 5.28. The Morgan fingerprint density at radius 1 is 1.17 bits per heavy atom. The van der Waals surface area contributed by atoms with E-state index in [0.717, 1.165) is 16.9 Å². The first-order valence-electron chi connectivity index (χ1n) is 9.43. The average molecular weight is 413 g/mol. The van der Waals surface area contributed by atoms with Gasteiger partial charge >= 0.3 is 5.97 Å². The van der Waals surface area contributed by atoms with Crippen LogP contribution in [-0.4, -0.2) is 42.4 Å². The normalized spacial score (nSPS) is 13.6. The van der Waals surface area contributed by atoms with Gasteiger partial charge in [-0.3, -0.25) is 9.59 Å². The van der Waals surface area contributed by atoms with Crippen LogP contribution < -0.4 is 5.32 Å². The molecule has 3 rings (SSSR count). The highest BCUT2D eigenvalue weighted by Gasteiger charge is 2.24. The maximum Gasteiger partial charge on any atom is 0.341 e. The lowest BCUT2D eigenvalue weighted by molar-refractivity contribution is -0.134. The molecular formula is C22H24N2O4S. The van der Waals surface area contributed by atoms with Crippen molar-refractivity contribution in [1.29, 1.82) is 0 Å². The number of hydrogen-bond acceptors (Lipinski definition) is 5. The van der Waals surface area contributed by atoms with Crippen molar-refractivity contribution in [2.75, 3.05) is 25.0 Å². The van der Waals surface area contributed by atoms with Crippen LogP contribution in [0.2, 0.25) is 0 Å². The van der Waals surface area contributed by atoms with E-state index in [1.165, 1.54) is 29.4 Å². The number of benzene rings is 1. The molecule has 1 aromatic carbocycles. The molecule has 6 nitrogen and oxygen atoms in total. The van der Waals surface area contributed by atoms with E-state index in [1.54, 1.807) is 11.8 Å². The fraction of sp³-hybridized carbons (Fsp3) is 0.318. The van der Waals surface area contributed by atoms with Gasteiger partial charge < -0.3 is 15.0 Å². The molecule has 2 amide bonds. The van der Waals surface area contributed by atoms with Crippen LogP contribution in [0.4, 0.5) is 5.00 Å². The SMILES string of the molecule is CC(=O)Nc1sc(C)c(C)c1C(=O)OCC(=O)N1CC=C(c2ccccc2)CC1. The van der Waals surface area contributed by atoms with Crippen LogP contribution in [-0.2, 0) is 14.3 Å². The minimum atomic E-state index is -0.596. The Morgan fingerprint density at radius 2 is 1.90 bits per heavy atom. The predicted molar refractivity (Wildman–Crippen MR) is 114 cm³/mol. The number of anilines is 1. The van der Waals surface area contributed by atoms with E-state index in [1.807, 2.05) is 31.2 Å². The molecule has 1 aliphatic rings. The van der Waals surface area contributed by atoms with Gasteiger partial charge in [-0.25, -0.2) is 4.79 Å². The molecule has 0 saturated carbocycles. The second-order valence-corrected chi connectivity index (χ2v) is 8.15. The van der Waals surface area contributed by atoms with Crippen molar-refractivity contribution < 1.29 is 19.1 Å². The molecule has 0 aliphatic carbocycles. The van der Waals surface area contributed by atoms with Crippen LogP contribution in [0.5, 0.6) is 0 Å². The Balaban J connectivity index is 1.60. The maximum atomic E-state index is 12.6. The molecule has 1 aliphatic heterocycles. The lowest BCUT2D eigenvalue weighted by atomic mass is 10.00. The summed E-state index contributed by atoms with van der Waals surface area (Å²) in [7, 11) is 0. The quantitative estimate of drug-likeness (QED) is 0.758. The summed E-state index contributed by atoms with van der Waals surface area (Å²) in [4.78, 5) is 39.0. The molecule has 7 heteroatoms. The first kappa shape index (κ1) is 20.8. The number of aryl methyl sites for hydroxylation is 1. The number of carbonyl (C=O) groups excluding carboxylic acids is 3. The molecule has 2 aromatic rings. The number of nitrogens with zero attached hydrogens (tertiary/aromatic N) is 1. The molecule has 0 saturated heterocycles. The number of esters is 1. The second-order valence-electron chi connectivity index (χ2n) is 6.93. The van der Waals surface area contributed by atoms with Gasteiger partial charge in [0, 0.05) is 24.9 Å². The van der Waals surface area contributed by atoms with Gasteiger partial charge in [0.2, 0.25) is 5.91 Å². The number of rotatable bonds is 5. The van der Waals surface area contributed by atoms with E-state index in [0.29, 0.717) is 23.7 Å². The Kier molecular flexibility index (Phi) is 6.49. The molecule has 2 heterocycles. The Bertz CT molecular complexity index is 963. The Morgan fingerprint density at radius 3 is 2.52 bits per heavy atom. The fourth-order valence-electron chi connectivity index (χ4n) is 3.22. The highest BCUT2D eigenvalue weighted by Crippen LogP contribution is 2.33. The molecule has 0 unspecified atom stereocenters. The maximum absolute atomic E-state index is 12.6. The van der Waals surface area contributed by atoms with Gasteiger partial charge in [0.25, 0.3) is 5.91 Å². The number of carbonyl (C=O) groups is 3. The zero-order chi connectivity index (χ0) is 21.0. The van der Waals surface area contributed by atoms with Gasteiger partial charge in [0.15, 0.2) is 6.61 Å². The summed E-state index contributed by atoms with van der Waals surface area (Å²) in [5.74, 6) is -1.08. The Hall–Kier alpha value is -2.93. The third-order valence-corrected chi connectivity index (χ3v) is 6.03. The fourth-order valence-corrected chi connectivity index (χ4v) is 4.32. The van der Waals surface area contributed by atoms with Gasteiger partial charge in [-0.15, -0.1) is 11.3 Å². The third-order valence-electron chi connectivity index (χ3n) is 4.91. The number of thiophene rings is 1. The van der Waals surface area contributed by atoms with Gasteiger partial charge in [-0.05, 0) is 37.0 Å². The van der Waals surface area contributed by atoms with Crippen molar-refractivity contribution in [1.82, 2.24) is 4.90 Å². The molecule has 0 fully saturated rings. The summed E-state index contributed by atoms with van der Waals surface area (Å²) in [6.45, 7) is 5.82. The summed E-state index contributed by atoms with van der Waals surface area (Å²) in [5, 5.41) is 3.12. The number of hydrogen-bond donors (Lipinski definition) is 1. The molecule has 0 spiro atoms. The lowest BCUT2D eigenvalue weighted by Crippen LogP contribution is -2.37. The molecule has 29 heavy (non-hydrogen) atoms. The van der Waals surface area contributed by atoms with Crippen molar-refractivity contribution in [3.63, 3.8) is 0 Å². The van der Waals surface area contributed by atoms with Crippen LogP contribution in [0.3, 0.4) is 0 Å². The van der Waals surface area contributed by atoms with Gasteiger partial charge in [-0.1, -0.05) is 36.4 Å². The van der Waals surface area contributed by atoms with Crippen molar-refractivity contribution in [3.8, 4) is 0 Å². The standard InChI is InChI=1S/C22H24N2O4S/c1-14-15(2)29-21(23-16(3)25)20(14)22(27)28-13-19(26)24-11-9-18(10-12-24)17-7-5-4-6-8-17/h4-9H,10-13H2,1-3H3,(H,23,25). The van der Waals surface area contributed by atoms with Crippen molar-refractivity contribution in [2.24, 2.45) is 0 Å². The second kappa shape index (κ2) is 9.05. The number of ether oxygens (including phenoxy) is 1. The summed E-state index contributed by atoms with van der Waals surface area (Å²) in [6.07, 6.45) is 2.80. The van der Waals surface area contributed by atoms with E-state index >= 15 is 0 Å². The van der Waals surface area contributed by atoms with Gasteiger partial charge in [-0.2, -0.15) is 0 Å². The highest BCUT2D eigenvalue weighted by molar-refractivity contribution is 7.16. The van der Waals surface area contributed by atoms with Gasteiger partial charge in [0.1, 0.15) is 5.00 Å². The number of amides is 2. The van der Waals surface area contributed by atoms with Crippen LogP contribution >= 0.6 is 11.3 Å². The predicted octanol–water partition coefficient (Wildman–Crippen LogP) is 3.80. The molecule has 0 radical (unpaired) electrons. The van der Waals surface area contributed by atoms with E-state index < -0.39 is 5.97 Å². The third kappa shape index (κ3) is 4.92. The van der Waals surface area contributed by atoms with Crippen molar-refractivity contribution in [3.05, 3.63) is 58.0 Å². The zero-order valence-corrected chi connectivity index (χ0v) is 17.6. The Labute approximate surface area is 174 Å². The highest BCUT2D eigenvalue weighted by atomic mass is 32.1. The van der Waals surface area contributed by atoms with E-state index in [9.17, 15) is 14.4 Å². The molecule has 1 aromatic heterocycles. The summed E-state index contributed by atoms with van der Waals surface area (Å²) in [6, 6.07) is 10.1. The largest absolute Gasteiger partial charge is 0.452 e. The summed E-state index contributed by atoms with van der Waals surface area (Å²) >= 11 is 1.32. The van der Waals surface area contributed by atoms with Crippen molar-refractivity contribution >= 4 is 39.7 Å². The minimum Gasteiger partial charge on any atom is -0.452 e. The van der Waals surface area contributed by atoms with Crippen molar-refractivity contribution in [2.45, 2.75) is 27.2 Å². The summed E-state index contributed by atoms with van der Waals surface area (Å²) in [5.41, 5.74) is 3.46. The van der Waals surface area contributed by atoms with E-state index in [4.69, 9.17) is 4.74 Å². The van der Waals surface area contributed by atoms with Crippen LogP contribution in [0, 0.1) is 13.8 Å². The van der Waals surface area contributed by atoms with Crippen LogP contribution in [0.1, 0.15) is 39.7 Å².